The summed E-state index contributed by atoms with van der Waals surface area (Å²) >= 11 is 10.2. The fourth-order valence-corrected chi connectivity index (χ4v) is 8.20. The standard InChI is InChI=1S/C21H23BrN2O3.C13H15BrN2O2.C8H9BrO/c1-26-19-4-2-3-16(13-19)14-24-20(25)23(18-7-5-17(22)6-8-18)15-21(24)9-11-27-12-10-21;14-10-1-3-11(4-2-10)16-9-13(15-12(16)17)5-7-18-8-6-13;1-10-8-4-2-3-7(5-8)6-9/h2-8,13H,9-12,14-15H2,1H3;1-4H,5-9H2,(H,15,17);2-5H,6H2,1H3. The molecule has 292 valence electrons. The van der Waals surface area contributed by atoms with Crippen molar-refractivity contribution >= 4 is 71.2 Å². The minimum atomic E-state index is -0.189. The molecule has 13 heteroatoms. The van der Waals surface area contributed by atoms with Gasteiger partial charge in [0, 0.05) is 58.6 Å². The molecule has 4 fully saturated rings. The molecule has 4 saturated heterocycles. The van der Waals surface area contributed by atoms with Crippen LogP contribution < -0.4 is 24.6 Å². The average Bonchev–Trinajstić information content (AvgIpc) is 3.67. The lowest BCUT2D eigenvalue weighted by Crippen LogP contribution is -2.50. The first-order valence-corrected chi connectivity index (χ1v) is 21.0. The third kappa shape index (κ3) is 10.2. The molecule has 4 aliphatic rings. The van der Waals surface area contributed by atoms with Gasteiger partial charge < -0.3 is 29.2 Å². The van der Waals surface area contributed by atoms with E-state index in [1.165, 1.54) is 5.56 Å². The molecule has 4 amide bonds. The number of anilines is 2. The lowest BCUT2D eigenvalue weighted by atomic mass is 9.89. The number of benzene rings is 4. The molecule has 2 spiro atoms. The van der Waals surface area contributed by atoms with Crippen LogP contribution >= 0.6 is 47.8 Å². The second kappa shape index (κ2) is 19.0. The zero-order valence-corrected chi connectivity index (χ0v) is 35.9. The first-order chi connectivity index (χ1) is 26.7. The highest BCUT2D eigenvalue weighted by Gasteiger charge is 2.50. The van der Waals surface area contributed by atoms with E-state index in [4.69, 9.17) is 18.9 Å². The molecular formula is C42H47Br3N4O6. The van der Waals surface area contributed by atoms with Crippen LogP contribution in [0.4, 0.5) is 21.0 Å². The zero-order valence-electron chi connectivity index (χ0n) is 31.1. The van der Waals surface area contributed by atoms with Crippen molar-refractivity contribution in [3.63, 3.8) is 0 Å². The smallest absolute Gasteiger partial charge is 0.325 e. The van der Waals surface area contributed by atoms with Gasteiger partial charge in [0.2, 0.25) is 0 Å². The molecule has 4 heterocycles. The van der Waals surface area contributed by atoms with Gasteiger partial charge in [-0.05, 0) is 110 Å². The molecule has 0 radical (unpaired) electrons. The Hall–Kier alpha value is -3.62. The van der Waals surface area contributed by atoms with Crippen molar-refractivity contribution in [1.82, 2.24) is 10.2 Å². The lowest BCUT2D eigenvalue weighted by molar-refractivity contribution is 0.00609. The number of urea groups is 2. The highest BCUT2D eigenvalue weighted by Crippen LogP contribution is 2.39. The predicted molar refractivity (Wildman–Crippen MR) is 227 cm³/mol. The van der Waals surface area contributed by atoms with E-state index in [2.05, 4.69) is 59.2 Å². The van der Waals surface area contributed by atoms with Crippen LogP contribution in [-0.2, 0) is 21.3 Å². The Balaban J connectivity index is 0.000000157. The molecule has 55 heavy (non-hydrogen) atoms. The monoisotopic (exact) mass is 940 g/mol. The van der Waals surface area contributed by atoms with Crippen LogP contribution in [0, 0.1) is 0 Å². The number of rotatable bonds is 7. The SMILES string of the molecule is COc1cccc(CBr)c1.COc1cccc(CN2C(=O)N(c3ccc(Br)cc3)CC23CCOCC3)c1.O=C1NC2(CCOCC2)CN1c1ccc(Br)cc1. The molecule has 4 aliphatic heterocycles. The van der Waals surface area contributed by atoms with Crippen LogP contribution in [0.3, 0.4) is 0 Å². The zero-order chi connectivity index (χ0) is 38.8. The summed E-state index contributed by atoms with van der Waals surface area (Å²) in [7, 11) is 3.34. The fraction of sp³-hybridized carbons (Fsp3) is 0.381. The molecule has 0 atom stereocenters. The summed E-state index contributed by atoms with van der Waals surface area (Å²) in [6, 6.07) is 31.7. The third-order valence-electron chi connectivity index (χ3n) is 10.5. The number of halogens is 3. The van der Waals surface area contributed by atoms with Gasteiger partial charge in [0.15, 0.2) is 0 Å². The van der Waals surface area contributed by atoms with Gasteiger partial charge in [0.1, 0.15) is 11.5 Å². The van der Waals surface area contributed by atoms with Crippen LogP contribution in [-0.4, -0.2) is 81.8 Å². The minimum Gasteiger partial charge on any atom is -0.497 e. The molecular weight excluding hydrogens is 896 g/mol. The largest absolute Gasteiger partial charge is 0.497 e. The van der Waals surface area contributed by atoms with Crippen molar-refractivity contribution in [2.24, 2.45) is 0 Å². The molecule has 0 aromatic heterocycles. The maximum atomic E-state index is 13.4. The Labute approximate surface area is 348 Å². The van der Waals surface area contributed by atoms with Gasteiger partial charge in [-0.15, -0.1) is 0 Å². The van der Waals surface area contributed by atoms with Crippen molar-refractivity contribution in [2.45, 2.75) is 48.6 Å². The molecule has 1 N–H and O–H groups in total. The molecule has 8 rings (SSSR count). The Morgan fingerprint density at radius 2 is 1.18 bits per heavy atom. The van der Waals surface area contributed by atoms with E-state index in [9.17, 15) is 9.59 Å². The van der Waals surface area contributed by atoms with E-state index < -0.39 is 0 Å². The summed E-state index contributed by atoms with van der Waals surface area (Å²) in [5, 5.41) is 4.01. The topological polar surface area (TPSA) is 92.8 Å². The molecule has 4 aromatic rings. The minimum absolute atomic E-state index is 0.000720. The number of carbonyl (C=O) groups is 2. The number of hydrogen-bond acceptors (Lipinski definition) is 6. The fourth-order valence-electron chi connectivity index (χ4n) is 7.33. The highest BCUT2D eigenvalue weighted by molar-refractivity contribution is 9.10. The summed E-state index contributed by atoms with van der Waals surface area (Å²) in [4.78, 5) is 31.2. The Kier molecular flexibility index (Phi) is 14.2. The van der Waals surface area contributed by atoms with Crippen molar-refractivity contribution in [3.8, 4) is 11.5 Å². The summed E-state index contributed by atoms with van der Waals surface area (Å²) < 4.78 is 23.4. The van der Waals surface area contributed by atoms with Crippen molar-refractivity contribution < 1.29 is 28.5 Å². The van der Waals surface area contributed by atoms with E-state index in [0.717, 1.165) is 88.2 Å². The lowest BCUT2D eigenvalue weighted by Gasteiger charge is -2.40. The second-order valence-electron chi connectivity index (χ2n) is 14.0. The van der Waals surface area contributed by atoms with Crippen molar-refractivity contribution in [1.29, 1.82) is 0 Å². The number of nitrogens with one attached hydrogen (secondary N) is 1. The van der Waals surface area contributed by atoms with Gasteiger partial charge in [0.05, 0.1) is 38.4 Å². The number of alkyl halides is 1. The van der Waals surface area contributed by atoms with E-state index >= 15 is 0 Å². The number of nitrogens with zero attached hydrogens (tertiary/aromatic N) is 3. The van der Waals surface area contributed by atoms with Gasteiger partial charge >= 0.3 is 12.1 Å². The van der Waals surface area contributed by atoms with Gasteiger partial charge in [-0.1, -0.05) is 72.1 Å². The molecule has 0 bridgehead atoms. The number of amides is 4. The van der Waals surface area contributed by atoms with Crippen LogP contribution in [0.25, 0.3) is 0 Å². The first-order valence-electron chi connectivity index (χ1n) is 18.3. The maximum Gasteiger partial charge on any atom is 0.325 e. The number of hydrogen-bond donors (Lipinski definition) is 1. The van der Waals surface area contributed by atoms with Gasteiger partial charge in [-0.3, -0.25) is 9.80 Å². The molecule has 0 saturated carbocycles. The maximum absolute atomic E-state index is 13.4. The van der Waals surface area contributed by atoms with E-state index in [0.29, 0.717) is 26.3 Å². The highest BCUT2D eigenvalue weighted by atomic mass is 79.9. The number of ether oxygens (including phenoxy) is 4. The summed E-state index contributed by atoms with van der Waals surface area (Å²) in [5.41, 5.74) is 3.90. The van der Waals surface area contributed by atoms with Crippen molar-refractivity contribution in [3.05, 3.63) is 117 Å². The van der Waals surface area contributed by atoms with Crippen LogP contribution in [0.5, 0.6) is 11.5 Å². The molecule has 0 aliphatic carbocycles. The first kappa shape index (κ1) is 41.0. The quantitative estimate of drug-likeness (QED) is 0.186. The summed E-state index contributed by atoms with van der Waals surface area (Å²) in [6.07, 6.45) is 3.50. The van der Waals surface area contributed by atoms with E-state index in [1.54, 1.807) is 14.2 Å². The second-order valence-corrected chi connectivity index (χ2v) is 16.4. The molecule has 4 aromatic carbocycles. The van der Waals surface area contributed by atoms with Gasteiger partial charge in [-0.25, -0.2) is 9.59 Å². The Morgan fingerprint density at radius 1 is 0.673 bits per heavy atom. The predicted octanol–water partition coefficient (Wildman–Crippen LogP) is 9.57. The molecule has 0 unspecified atom stereocenters. The van der Waals surface area contributed by atoms with Gasteiger partial charge in [-0.2, -0.15) is 0 Å². The molecule has 10 nitrogen and oxygen atoms in total. The van der Waals surface area contributed by atoms with E-state index in [-0.39, 0.29) is 23.1 Å². The average molecular weight is 944 g/mol. The van der Waals surface area contributed by atoms with Crippen molar-refractivity contribution in [2.75, 3.05) is 63.5 Å². The van der Waals surface area contributed by atoms with Crippen LogP contribution in [0.2, 0.25) is 0 Å². The number of methoxy groups -OCH3 is 2. The Bertz CT molecular complexity index is 1870. The summed E-state index contributed by atoms with van der Waals surface area (Å²) in [5.74, 6) is 1.72. The summed E-state index contributed by atoms with van der Waals surface area (Å²) in [6.45, 7) is 4.84. The number of carbonyl (C=O) groups excluding carboxylic acids is 2. The van der Waals surface area contributed by atoms with Gasteiger partial charge in [0.25, 0.3) is 0 Å². The normalized spacial score (nSPS) is 18.3. The van der Waals surface area contributed by atoms with Crippen LogP contribution in [0.1, 0.15) is 36.8 Å². The Morgan fingerprint density at radius 3 is 1.73 bits per heavy atom. The van der Waals surface area contributed by atoms with Crippen LogP contribution in [0.15, 0.2) is 106 Å². The van der Waals surface area contributed by atoms with E-state index in [1.807, 2.05) is 106 Å². The third-order valence-corrected chi connectivity index (χ3v) is 12.2.